The van der Waals surface area contributed by atoms with Crippen LogP contribution in [0.1, 0.15) is 60.9 Å². The Morgan fingerprint density at radius 2 is 1.77 bits per heavy atom. The number of amides is 4. The molecule has 1 heterocycles. The second kappa shape index (κ2) is 7.48. The van der Waals surface area contributed by atoms with Gasteiger partial charge in [0.15, 0.2) is 0 Å². The van der Waals surface area contributed by atoms with Gasteiger partial charge in [-0.05, 0) is 30.5 Å². The number of benzene rings is 1. The maximum absolute atomic E-state index is 13.1. The standard InChI is InChI=1S/C20H27N3O3/c1-22(2)17(24)16-10-8-9-15(13-16)14-23-18(25)20(21-19(23)26)11-6-4-3-5-7-12-20/h8-10,13H,3-7,11-12,14H2,1-2H3,(H,21,26). The van der Waals surface area contributed by atoms with Crippen LogP contribution in [0.4, 0.5) is 4.79 Å². The average molecular weight is 357 g/mol. The smallest absolute Gasteiger partial charge is 0.325 e. The Kier molecular flexibility index (Phi) is 5.30. The number of nitrogens with one attached hydrogen (secondary N) is 1. The molecular formula is C20H27N3O3. The van der Waals surface area contributed by atoms with Gasteiger partial charge in [0.25, 0.3) is 11.8 Å². The predicted octanol–water partition coefficient (Wildman–Crippen LogP) is 2.92. The summed E-state index contributed by atoms with van der Waals surface area (Å²) >= 11 is 0. The van der Waals surface area contributed by atoms with E-state index < -0.39 is 5.54 Å². The van der Waals surface area contributed by atoms with Crippen LogP contribution >= 0.6 is 0 Å². The summed E-state index contributed by atoms with van der Waals surface area (Å²) in [4.78, 5) is 40.5. The summed E-state index contributed by atoms with van der Waals surface area (Å²) in [6.45, 7) is 0.195. The van der Waals surface area contributed by atoms with E-state index in [0.29, 0.717) is 18.4 Å². The highest BCUT2D eigenvalue weighted by molar-refractivity contribution is 6.07. The van der Waals surface area contributed by atoms with Crippen LogP contribution in [0.5, 0.6) is 0 Å². The van der Waals surface area contributed by atoms with Crippen molar-refractivity contribution < 1.29 is 14.4 Å². The Bertz CT molecular complexity index is 706. The normalized spacial score (nSPS) is 19.8. The molecule has 26 heavy (non-hydrogen) atoms. The number of nitrogens with zero attached hydrogens (tertiary/aromatic N) is 2. The second-order valence-corrected chi connectivity index (χ2v) is 7.57. The molecule has 0 unspecified atom stereocenters. The number of hydrogen-bond acceptors (Lipinski definition) is 3. The summed E-state index contributed by atoms with van der Waals surface area (Å²) in [7, 11) is 3.40. The molecule has 3 rings (SSSR count). The third-order valence-corrected chi connectivity index (χ3v) is 5.37. The lowest BCUT2D eigenvalue weighted by atomic mass is 9.84. The van der Waals surface area contributed by atoms with Crippen LogP contribution in [0.15, 0.2) is 24.3 Å². The van der Waals surface area contributed by atoms with Gasteiger partial charge in [-0.1, -0.05) is 44.2 Å². The maximum atomic E-state index is 13.1. The van der Waals surface area contributed by atoms with Gasteiger partial charge in [-0.15, -0.1) is 0 Å². The fourth-order valence-corrected chi connectivity index (χ4v) is 3.91. The number of rotatable bonds is 3. The summed E-state index contributed by atoms with van der Waals surface area (Å²) in [5.74, 6) is -0.214. The van der Waals surface area contributed by atoms with E-state index >= 15 is 0 Å². The van der Waals surface area contributed by atoms with E-state index in [2.05, 4.69) is 5.32 Å². The van der Waals surface area contributed by atoms with Crippen molar-refractivity contribution in [3.8, 4) is 0 Å². The first kappa shape index (κ1) is 18.4. The molecule has 1 aliphatic heterocycles. The predicted molar refractivity (Wildman–Crippen MR) is 98.6 cm³/mol. The van der Waals surface area contributed by atoms with Crippen molar-refractivity contribution in [2.75, 3.05) is 14.1 Å². The van der Waals surface area contributed by atoms with Crippen LogP contribution in [0.3, 0.4) is 0 Å². The van der Waals surface area contributed by atoms with Gasteiger partial charge in [0.1, 0.15) is 5.54 Å². The Labute approximate surface area is 154 Å². The molecule has 0 aromatic heterocycles. The monoisotopic (exact) mass is 357 g/mol. The van der Waals surface area contributed by atoms with E-state index in [-0.39, 0.29) is 24.4 Å². The fraction of sp³-hybridized carbons (Fsp3) is 0.550. The van der Waals surface area contributed by atoms with Gasteiger partial charge in [-0.3, -0.25) is 14.5 Å². The minimum Gasteiger partial charge on any atom is -0.345 e. The van der Waals surface area contributed by atoms with Gasteiger partial charge in [0.05, 0.1) is 6.54 Å². The third kappa shape index (κ3) is 3.59. The van der Waals surface area contributed by atoms with Crippen LogP contribution in [0, 0.1) is 0 Å². The molecule has 0 atom stereocenters. The van der Waals surface area contributed by atoms with Gasteiger partial charge < -0.3 is 10.2 Å². The van der Waals surface area contributed by atoms with E-state index in [1.54, 1.807) is 32.3 Å². The van der Waals surface area contributed by atoms with Gasteiger partial charge in [0.2, 0.25) is 0 Å². The first-order valence-corrected chi connectivity index (χ1v) is 9.38. The van der Waals surface area contributed by atoms with Crippen LogP contribution in [0.2, 0.25) is 0 Å². The lowest BCUT2D eigenvalue weighted by Crippen LogP contribution is -2.47. The third-order valence-electron chi connectivity index (χ3n) is 5.37. The van der Waals surface area contributed by atoms with Gasteiger partial charge in [-0.2, -0.15) is 0 Å². The highest BCUT2D eigenvalue weighted by Crippen LogP contribution is 2.32. The van der Waals surface area contributed by atoms with Crippen molar-refractivity contribution in [3.05, 3.63) is 35.4 Å². The summed E-state index contributed by atoms with van der Waals surface area (Å²) in [6.07, 6.45) is 6.79. The highest BCUT2D eigenvalue weighted by atomic mass is 16.2. The first-order valence-electron chi connectivity index (χ1n) is 9.38. The molecule has 140 valence electrons. The molecular weight excluding hydrogens is 330 g/mol. The number of hydrogen-bond donors (Lipinski definition) is 1. The topological polar surface area (TPSA) is 69.7 Å². The molecule has 2 aliphatic rings. The van der Waals surface area contributed by atoms with E-state index in [0.717, 1.165) is 31.2 Å². The molecule has 1 saturated heterocycles. The molecule has 1 aromatic carbocycles. The summed E-state index contributed by atoms with van der Waals surface area (Å²) < 4.78 is 0. The quantitative estimate of drug-likeness (QED) is 0.846. The highest BCUT2D eigenvalue weighted by Gasteiger charge is 2.50. The average Bonchev–Trinajstić information content (AvgIpc) is 2.83. The Hall–Kier alpha value is -2.37. The molecule has 0 radical (unpaired) electrons. The summed E-state index contributed by atoms with van der Waals surface area (Å²) in [5.41, 5.74) is 0.610. The van der Waals surface area contributed by atoms with Crippen molar-refractivity contribution in [3.63, 3.8) is 0 Å². The zero-order valence-corrected chi connectivity index (χ0v) is 15.6. The van der Waals surface area contributed by atoms with Crippen LogP contribution in [0.25, 0.3) is 0 Å². The van der Waals surface area contributed by atoms with E-state index in [4.69, 9.17) is 0 Å². The molecule has 6 nitrogen and oxygen atoms in total. The lowest BCUT2D eigenvalue weighted by molar-refractivity contribution is -0.132. The summed E-state index contributed by atoms with van der Waals surface area (Å²) in [5, 5.41) is 2.98. The van der Waals surface area contributed by atoms with Gasteiger partial charge >= 0.3 is 6.03 Å². The molecule has 1 aliphatic carbocycles. The fourth-order valence-electron chi connectivity index (χ4n) is 3.91. The number of carbonyl (C=O) groups excluding carboxylic acids is 3. The SMILES string of the molecule is CN(C)C(=O)c1cccc(CN2C(=O)NC3(CCCCCCC3)C2=O)c1. The van der Waals surface area contributed by atoms with Crippen LogP contribution in [-0.2, 0) is 11.3 Å². The molecule has 2 fully saturated rings. The number of urea groups is 1. The molecule has 6 heteroatoms. The lowest BCUT2D eigenvalue weighted by Gasteiger charge is -2.28. The summed E-state index contributed by atoms with van der Waals surface area (Å²) in [6, 6.07) is 6.81. The van der Waals surface area contributed by atoms with Crippen molar-refractivity contribution >= 4 is 17.8 Å². The molecule has 4 amide bonds. The Balaban J connectivity index is 1.78. The minimum absolute atomic E-state index is 0.0967. The van der Waals surface area contributed by atoms with Crippen molar-refractivity contribution in [1.82, 2.24) is 15.1 Å². The number of imide groups is 1. The maximum Gasteiger partial charge on any atom is 0.325 e. The first-order chi connectivity index (χ1) is 12.4. The minimum atomic E-state index is -0.728. The Morgan fingerprint density at radius 3 is 2.42 bits per heavy atom. The van der Waals surface area contributed by atoms with Crippen molar-refractivity contribution in [2.45, 2.75) is 57.0 Å². The molecule has 1 spiro atoms. The van der Waals surface area contributed by atoms with Gasteiger partial charge in [-0.25, -0.2) is 4.79 Å². The number of carbonyl (C=O) groups is 3. The zero-order valence-electron chi connectivity index (χ0n) is 15.6. The largest absolute Gasteiger partial charge is 0.345 e. The van der Waals surface area contributed by atoms with Crippen molar-refractivity contribution in [1.29, 1.82) is 0 Å². The van der Waals surface area contributed by atoms with Gasteiger partial charge in [0, 0.05) is 19.7 Å². The molecule has 0 bridgehead atoms. The van der Waals surface area contributed by atoms with Crippen LogP contribution in [-0.4, -0.2) is 47.3 Å². The van der Waals surface area contributed by atoms with E-state index in [1.165, 1.54) is 16.2 Å². The van der Waals surface area contributed by atoms with E-state index in [9.17, 15) is 14.4 Å². The zero-order chi connectivity index (χ0) is 18.7. The second-order valence-electron chi connectivity index (χ2n) is 7.57. The Morgan fingerprint density at radius 1 is 1.12 bits per heavy atom. The molecule has 1 aromatic rings. The van der Waals surface area contributed by atoms with Crippen LogP contribution < -0.4 is 5.32 Å². The molecule has 1 saturated carbocycles. The van der Waals surface area contributed by atoms with Crippen molar-refractivity contribution in [2.24, 2.45) is 0 Å². The molecule has 1 N–H and O–H groups in total. The van der Waals surface area contributed by atoms with E-state index in [1.807, 2.05) is 6.07 Å².